The number of hydrogen-bond acceptors (Lipinski definition) is 6. The lowest BCUT2D eigenvalue weighted by Crippen LogP contribution is -2.23. The summed E-state index contributed by atoms with van der Waals surface area (Å²) < 4.78 is 36.6. The molecule has 1 aromatic heterocycles. The Morgan fingerprint density at radius 1 is 1.40 bits per heavy atom. The number of nitrogens with one attached hydrogen (secondary N) is 1. The summed E-state index contributed by atoms with van der Waals surface area (Å²) >= 11 is 0. The molecule has 20 heavy (non-hydrogen) atoms. The van der Waals surface area contributed by atoms with Gasteiger partial charge in [0, 0.05) is 6.07 Å². The fraction of sp³-hybridized carbons (Fsp3) is 0.250. The topological polar surface area (TPSA) is 102 Å². The van der Waals surface area contributed by atoms with Crippen molar-refractivity contribution < 1.29 is 22.8 Å². The largest absolute Gasteiger partial charge is 0.495 e. The normalized spacial score (nSPS) is 11.5. The molecular weight excluding hydrogens is 284 g/mol. The quantitative estimate of drug-likeness (QED) is 0.812. The minimum Gasteiger partial charge on any atom is -0.495 e. The van der Waals surface area contributed by atoms with Crippen LogP contribution in [0.1, 0.15) is 11.3 Å². The van der Waals surface area contributed by atoms with E-state index in [1.807, 2.05) is 0 Å². The first-order chi connectivity index (χ1) is 9.56. The van der Waals surface area contributed by atoms with Gasteiger partial charge in [-0.1, -0.05) is 11.2 Å². The van der Waals surface area contributed by atoms with Gasteiger partial charge in [0.15, 0.2) is 5.76 Å². The van der Waals surface area contributed by atoms with Crippen LogP contribution in [0.4, 0.5) is 0 Å². The molecule has 0 aliphatic heterocycles. The maximum Gasteiger partial charge on any atom is 0.244 e. The predicted octanol–water partition coefficient (Wildman–Crippen LogP) is 0.654. The Labute approximate surface area is 116 Å². The molecule has 1 heterocycles. The van der Waals surface area contributed by atoms with Crippen LogP contribution >= 0.6 is 0 Å². The van der Waals surface area contributed by atoms with Crippen LogP contribution in [0.25, 0.3) is 0 Å². The van der Waals surface area contributed by atoms with Gasteiger partial charge in [-0.2, -0.15) is 0 Å². The third-order valence-corrected chi connectivity index (χ3v) is 4.07. The summed E-state index contributed by atoms with van der Waals surface area (Å²) in [5.41, 5.74) is 0.566. The monoisotopic (exact) mass is 298 g/mol. The number of rotatable bonds is 6. The summed E-state index contributed by atoms with van der Waals surface area (Å²) in [6, 6.07) is 5.94. The summed E-state index contributed by atoms with van der Waals surface area (Å²) in [6.45, 7) is -0.199. The second-order valence-corrected chi connectivity index (χ2v) is 5.68. The fourth-order valence-corrected chi connectivity index (χ4v) is 2.75. The zero-order valence-electron chi connectivity index (χ0n) is 10.7. The molecule has 0 fully saturated rings. The Bertz CT molecular complexity index is 667. The maximum atomic E-state index is 12.2. The first-order valence-corrected chi connectivity index (χ1v) is 7.22. The molecule has 2 N–H and O–H groups in total. The molecule has 1 aromatic carbocycles. The smallest absolute Gasteiger partial charge is 0.244 e. The van der Waals surface area contributed by atoms with Gasteiger partial charge < -0.3 is 14.4 Å². The molecule has 0 aliphatic carbocycles. The molecular formula is C12H14N2O5S. The first kappa shape index (κ1) is 14.5. The van der Waals surface area contributed by atoms with Gasteiger partial charge in [-0.15, -0.1) is 0 Å². The minimum atomic E-state index is -3.75. The first-order valence-electron chi connectivity index (χ1n) is 5.74. The molecule has 0 unspecified atom stereocenters. The lowest BCUT2D eigenvalue weighted by atomic mass is 10.2. The highest BCUT2D eigenvalue weighted by molar-refractivity contribution is 7.89. The average molecular weight is 298 g/mol. The average Bonchev–Trinajstić information content (AvgIpc) is 2.97. The van der Waals surface area contributed by atoms with E-state index in [4.69, 9.17) is 14.4 Å². The molecule has 0 radical (unpaired) electrons. The molecule has 8 heteroatoms. The lowest BCUT2D eigenvalue weighted by molar-refractivity contribution is 0.280. The molecule has 0 atom stereocenters. The van der Waals surface area contributed by atoms with Crippen molar-refractivity contribution >= 4 is 10.0 Å². The van der Waals surface area contributed by atoms with E-state index in [0.717, 1.165) is 0 Å². The Kier molecular flexibility index (Phi) is 4.38. The molecule has 0 bridgehead atoms. The molecule has 2 aromatic rings. The van der Waals surface area contributed by atoms with Gasteiger partial charge in [0.2, 0.25) is 10.0 Å². The summed E-state index contributed by atoms with van der Waals surface area (Å²) in [7, 11) is -2.38. The lowest BCUT2D eigenvalue weighted by Gasteiger charge is -2.11. The van der Waals surface area contributed by atoms with Crippen LogP contribution in [0.5, 0.6) is 5.75 Å². The Morgan fingerprint density at radius 3 is 2.80 bits per heavy atom. The van der Waals surface area contributed by atoms with Gasteiger partial charge >= 0.3 is 0 Å². The SMILES string of the molecule is COc1cc(CO)ccc1S(=O)(=O)NCc1ccno1. The van der Waals surface area contributed by atoms with E-state index < -0.39 is 10.0 Å². The molecule has 2 rings (SSSR count). The van der Waals surface area contributed by atoms with Gasteiger partial charge in [0.05, 0.1) is 26.5 Å². The van der Waals surface area contributed by atoms with Crippen molar-refractivity contribution in [3.63, 3.8) is 0 Å². The number of hydrogen-bond donors (Lipinski definition) is 2. The number of nitrogens with zero attached hydrogens (tertiary/aromatic N) is 1. The molecule has 0 saturated carbocycles. The van der Waals surface area contributed by atoms with E-state index in [1.165, 1.54) is 31.5 Å². The van der Waals surface area contributed by atoms with Crippen LogP contribution in [0, 0.1) is 0 Å². The second-order valence-electron chi connectivity index (χ2n) is 3.95. The van der Waals surface area contributed by atoms with Crippen LogP contribution in [0.3, 0.4) is 0 Å². The number of methoxy groups -OCH3 is 1. The number of aliphatic hydroxyl groups is 1. The summed E-state index contributed by atoms with van der Waals surface area (Å²) in [4.78, 5) is -0.00304. The summed E-state index contributed by atoms with van der Waals surface area (Å²) in [5, 5.41) is 12.5. The van der Waals surface area contributed by atoms with Crippen LogP contribution in [-0.4, -0.2) is 25.8 Å². The summed E-state index contributed by atoms with van der Waals surface area (Å²) in [5.74, 6) is 0.571. The van der Waals surface area contributed by atoms with Gasteiger partial charge in [-0.25, -0.2) is 13.1 Å². The van der Waals surface area contributed by atoms with E-state index in [2.05, 4.69) is 9.88 Å². The highest BCUT2D eigenvalue weighted by Crippen LogP contribution is 2.25. The van der Waals surface area contributed by atoms with Crippen molar-refractivity contribution in [3.8, 4) is 5.75 Å². The van der Waals surface area contributed by atoms with Crippen molar-refractivity contribution in [2.45, 2.75) is 18.0 Å². The summed E-state index contributed by atoms with van der Waals surface area (Å²) in [6.07, 6.45) is 1.43. The molecule has 7 nitrogen and oxygen atoms in total. The van der Waals surface area contributed by atoms with E-state index in [1.54, 1.807) is 6.07 Å². The molecule has 0 saturated heterocycles. The predicted molar refractivity (Wildman–Crippen MR) is 69.4 cm³/mol. The Balaban J connectivity index is 2.24. The zero-order chi connectivity index (χ0) is 14.6. The number of ether oxygens (including phenoxy) is 1. The number of benzene rings is 1. The fourth-order valence-electron chi connectivity index (χ4n) is 1.61. The van der Waals surface area contributed by atoms with Crippen LogP contribution in [0.2, 0.25) is 0 Å². The van der Waals surface area contributed by atoms with Crippen LogP contribution in [-0.2, 0) is 23.2 Å². The van der Waals surface area contributed by atoms with Crippen molar-refractivity contribution in [3.05, 3.63) is 41.8 Å². The highest BCUT2D eigenvalue weighted by atomic mass is 32.2. The van der Waals surface area contributed by atoms with Gasteiger partial charge in [-0.05, 0) is 17.7 Å². The van der Waals surface area contributed by atoms with Crippen LogP contribution in [0.15, 0.2) is 39.9 Å². The minimum absolute atomic E-state index is 0.00304. The number of aliphatic hydroxyl groups excluding tert-OH is 1. The molecule has 0 amide bonds. The Morgan fingerprint density at radius 2 is 2.20 bits per heavy atom. The third kappa shape index (κ3) is 3.16. The van der Waals surface area contributed by atoms with Gasteiger partial charge in [0.25, 0.3) is 0 Å². The van der Waals surface area contributed by atoms with Gasteiger partial charge in [-0.3, -0.25) is 0 Å². The van der Waals surface area contributed by atoms with Crippen molar-refractivity contribution in [2.24, 2.45) is 0 Å². The van der Waals surface area contributed by atoms with Crippen LogP contribution < -0.4 is 9.46 Å². The van der Waals surface area contributed by atoms with Gasteiger partial charge in [0.1, 0.15) is 10.6 Å². The molecule has 0 aliphatic rings. The van der Waals surface area contributed by atoms with Crippen molar-refractivity contribution in [2.75, 3.05) is 7.11 Å². The van der Waals surface area contributed by atoms with Crippen molar-refractivity contribution in [1.29, 1.82) is 0 Å². The highest BCUT2D eigenvalue weighted by Gasteiger charge is 2.20. The standard InChI is InChI=1S/C12H14N2O5S/c1-18-11-6-9(8-15)2-3-12(11)20(16,17)14-7-10-4-5-13-19-10/h2-6,14-15H,7-8H2,1H3. The van der Waals surface area contributed by atoms with E-state index in [-0.39, 0.29) is 23.8 Å². The number of aromatic nitrogens is 1. The molecule has 0 spiro atoms. The maximum absolute atomic E-state index is 12.2. The Hall–Kier alpha value is -1.90. The molecule has 108 valence electrons. The number of sulfonamides is 1. The van der Waals surface area contributed by atoms with E-state index >= 15 is 0 Å². The second kappa shape index (κ2) is 6.04. The third-order valence-electron chi connectivity index (χ3n) is 2.63. The zero-order valence-corrected chi connectivity index (χ0v) is 11.6. The van der Waals surface area contributed by atoms with Crippen molar-refractivity contribution in [1.82, 2.24) is 9.88 Å². The van der Waals surface area contributed by atoms with E-state index in [9.17, 15) is 8.42 Å². The van der Waals surface area contributed by atoms with E-state index in [0.29, 0.717) is 11.3 Å².